The molecule has 5 heteroatoms. The number of ether oxygens (including phenoxy) is 1. The van der Waals surface area contributed by atoms with E-state index in [4.69, 9.17) is 4.74 Å². The van der Waals surface area contributed by atoms with Gasteiger partial charge >= 0.3 is 0 Å². The number of benzene rings is 2. The number of rotatable bonds is 5. The highest BCUT2D eigenvalue weighted by Crippen LogP contribution is 2.28. The average molecular weight is 324 g/mol. The molecule has 0 unspecified atom stereocenters. The van der Waals surface area contributed by atoms with E-state index >= 15 is 0 Å². The van der Waals surface area contributed by atoms with Crippen molar-refractivity contribution in [3.05, 3.63) is 59.2 Å². The van der Waals surface area contributed by atoms with Crippen LogP contribution in [-0.2, 0) is 22.4 Å². The van der Waals surface area contributed by atoms with E-state index in [0.29, 0.717) is 30.8 Å². The molecule has 0 fully saturated rings. The smallest absolute Gasteiger partial charge is 0.262 e. The van der Waals surface area contributed by atoms with Crippen molar-refractivity contribution >= 4 is 17.5 Å². The largest absolute Gasteiger partial charge is 0.482 e. The summed E-state index contributed by atoms with van der Waals surface area (Å²) in [5, 5.41) is 5.72. The number of hydrogen-bond acceptors (Lipinski definition) is 3. The molecule has 0 atom stereocenters. The number of amides is 2. The third-order valence-electron chi connectivity index (χ3n) is 3.86. The van der Waals surface area contributed by atoms with E-state index in [2.05, 4.69) is 10.6 Å². The Hall–Kier alpha value is -2.82. The van der Waals surface area contributed by atoms with E-state index < -0.39 is 0 Å². The van der Waals surface area contributed by atoms with Crippen molar-refractivity contribution in [2.24, 2.45) is 0 Å². The van der Waals surface area contributed by atoms with Crippen molar-refractivity contribution in [3.8, 4) is 5.75 Å². The first-order chi connectivity index (χ1) is 11.6. The number of fused-ring (bicyclic) bond motifs is 1. The standard InChI is InChI=1S/C19H20N2O3/c1-13-3-2-4-15(9-13)11-18(22)20-8-7-14-5-6-17-16(10-14)21-19(23)12-24-17/h2-6,9-10H,7-8,11-12H2,1H3,(H,20,22)(H,21,23). The molecule has 2 aromatic rings. The van der Waals surface area contributed by atoms with Crippen molar-refractivity contribution in [1.29, 1.82) is 0 Å². The van der Waals surface area contributed by atoms with Gasteiger partial charge in [0.1, 0.15) is 5.75 Å². The van der Waals surface area contributed by atoms with Crippen molar-refractivity contribution in [3.63, 3.8) is 0 Å². The number of carbonyl (C=O) groups is 2. The van der Waals surface area contributed by atoms with Gasteiger partial charge in [0.05, 0.1) is 12.1 Å². The Morgan fingerprint density at radius 1 is 1.21 bits per heavy atom. The Labute approximate surface area is 141 Å². The molecule has 0 radical (unpaired) electrons. The quantitative estimate of drug-likeness (QED) is 0.886. The molecule has 0 saturated heterocycles. The first-order valence-corrected chi connectivity index (χ1v) is 7.98. The molecule has 124 valence electrons. The molecule has 2 amide bonds. The molecule has 5 nitrogen and oxygen atoms in total. The van der Waals surface area contributed by atoms with Crippen LogP contribution < -0.4 is 15.4 Å². The van der Waals surface area contributed by atoms with Gasteiger partial charge in [-0.15, -0.1) is 0 Å². The maximum Gasteiger partial charge on any atom is 0.262 e. The number of anilines is 1. The maximum absolute atomic E-state index is 12.0. The number of hydrogen-bond donors (Lipinski definition) is 2. The van der Waals surface area contributed by atoms with Crippen LogP contribution >= 0.6 is 0 Å². The van der Waals surface area contributed by atoms with Crippen molar-refractivity contribution in [2.75, 3.05) is 18.5 Å². The van der Waals surface area contributed by atoms with Gasteiger partial charge in [-0.3, -0.25) is 9.59 Å². The average Bonchev–Trinajstić information content (AvgIpc) is 2.54. The third-order valence-corrected chi connectivity index (χ3v) is 3.86. The molecular weight excluding hydrogens is 304 g/mol. The number of nitrogens with one attached hydrogen (secondary N) is 2. The van der Waals surface area contributed by atoms with Crippen LogP contribution in [0.3, 0.4) is 0 Å². The zero-order valence-electron chi connectivity index (χ0n) is 13.6. The summed E-state index contributed by atoms with van der Waals surface area (Å²) < 4.78 is 5.33. The summed E-state index contributed by atoms with van der Waals surface area (Å²) in [6, 6.07) is 13.6. The molecule has 0 saturated carbocycles. The minimum Gasteiger partial charge on any atom is -0.482 e. The highest BCUT2D eigenvalue weighted by molar-refractivity contribution is 5.95. The van der Waals surface area contributed by atoms with Crippen molar-refractivity contribution in [1.82, 2.24) is 5.32 Å². The van der Waals surface area contributed by atoms with E-state index in [9.17, 15) is 9.59 Å². The zero-order chi connectivity index (χ0) is 16.9. The first kappa shape index (κ1) is 16.1. The van der Waals surface area contributed by atoms with Gasteiger partial charge in [-0.2, -0.15) is 0 Å². The van der Waals surface area contributed by atoms with Crippen molar-refractivity contribution < 1.29 is 14.3 Å². The Morgan fingerprint density at radius 2 is 2.08 bits per heavy atom. The molecule has 3 rings (SSSR count). The van der Waals surface area contributed by atoms with Crippen LogP contribution in [0.2, 0.25) is 0 Å². The van der Waals surface area contributed by atoms with E-state index in [0.717, 1.165) is 16.7 Å². The maximum atomic E-state index is 12.0. The highest BCUT2D eigenvalue weighted by atomic mass is 16.5. The fourth-order valence-electron chi connectivity index (χ4n) is 2.70. The van der Waals surface area contributed by atoms with E-state index in [-0.39, 0.29) is 18.4 Å². The lowest BCUT2D eigenvalue weighted by Crippen LogP contribution is -2.27. The van der Waals surface area contributed by atoms with Crippen molar-refractivity contribution in [2.45, 2.75) is 19.8 Å². The van der Waals surface area contributed by atoms with E-state index in [1.165, 1.54) is 0 Å². The van der Waals surface area contributed by atoms with Gasteiger partial charge in [0, 0.05) is 6.54 Å². The molecule has 24 heavy (non-hydrogen) atoms. The van der Waals surface area contributed by atoms with Gasteiger partial charge in [-0.1, -0.05) is 35.9 Å². The first-order valence-electron chi connectivity index (χ1n) is 7.98. The van der Waals surface area contributed by atoms with Crippen LogP contribution in [0.15, 0.2) is 42.5 Å². The topological polar surface area (TPSA) is 67.4 Å². The summed E-state index contributed by atoms with van der Waals surface area (Å²) in [4.78, 5) is 23.3. The van der Waals surface area contributed by atoms with Crippen LogP contribution in [0.25, 0.3) is 0 Å². The predicted octanol–water partition coefficient (Wildman–Crippen LogP) is 2.23. The molecule has 0 spiro atoms. The van der Waals surface area contributed by atoms with Gasteiger partial charge in [0.2, 0.25) is 5.91 Å². The second-order valence-corrected chi connectivity index (χ2v) is 5.93. The van der Waals surface area contributed by atoms with Crippen LogP contribution in [0.4, 0.5) is 5.69 Å². The van der Waals surface area contributed by atoms with Gasteiger partial charge in [-0.25, -0.2) is 0 Å². The van der Waals surface area contributed by atoms with E-state index in [1.807, 2.05) is 49.4 Å². The molecule has 1 aliphatic heterocycles. The second-order valence-electron chi connectivity index (χ2n) is 5.93. The lowest BCUT2D eigenvalue weighted by molar-refractivity contribution is -0.120. The number of carbonyl (C=O) groups excluding carboxylic acids is 2. The monoisotopic (exact) mass is 324 g/mol. The van der Waals surface area contributed by atoms with Gasteiger partial charge in [0.15, 0.2) is 6.61 Å². The Morgan fingerprint density at radius 3 is 2.92 bits per heavy atom. The molecule has 2 N–H and O–H groups in total. The van der Waals surface area contributed by atoms with Gasteiger partial charge < -0.3 is 15.4 Å². The third kappa shape index (κ3) is 4.13. The predicted molar refractivity (Wildman–Crippen MR) is 92.2 cm³/mol. The summed E-state index contributed by atoms with van der Waals surface area (Å²) in [6.45, 7) is 2.62. The molecule has 1 heterocycles. The number of aryl methyl sites for hydroxylation is 1. The zero-order valence-corrected chi connectivity index (χ0v) is 13.6. The summed E-state index contributed by atoms with van der Waals surface area (Å²) in [7, 11) is 0. The van der Waals surface area contributed by atoms with Crippen LogP contribution in [-0.4, -0.2) is 25.0 Å². The second kappa shape index (κ2) is 7.17. The fourth-order valence-corrected chi connectivity index (χ4v) is 2.70. The van der Waals surface area contributed by atoms with Gasteiger partial charge in [-0.05, 0) is 36.6 Å². The SMILES string of the molecule is Cc1cccc(CC(=O)NCCc2ccc3c(c2)NC(=O)CO3)c1. The minimum absolute atomic E-state index is 0.00944. The van der Waals surface area contributed by atoms with E-state index in [1.54, 1.807) is 0 Å². The van der Waals surface area contributed by atoms with Crippen LogP contribution in [0.5, 0.6) is 5.75 Å². The summed E-state index contributed by atoms with van der Waals surface area (Å²) in [6.07, 6.45) is 1.08. The molecule has 2 aromatic carbocycles. The Kier molecular flexibility index (Phi) is 4.79. The fraction of sp³-hybridized carbons (Fsp3) is 0.263. The Balaban J connectivity index is 1.50. The summed E-state index contributed by atoms with van der Waals surface area (Å²) in [5.41, 5.74) is 3.89. The van der Waals surface area contributed by atoms with Gasteiger partial charge in [0.25, 0.3) is 5.91 Å². The highest BCUT2D eigenvalue weighted by Gasteiger charge is 2.15. The normalized spacial score (nSPS) is 12.8. The molecule has 0 bridgehead atoms. The Bertz CT molecular complexity index is 771. The molecule has 1 aliphatic rings. The molecule has 0 aromatic heterocycles. The summed E-state index contributed by atoms with van der Waals surface area (Å²) in [5.74, 6) is 0.545. The summed E-state index contributed by atoms with van der Waals surface area (Å²) >= 11 is 0. The molecular formula is C19H20N2O3. The van der Waals surface area contributed by atoms with Crippen LogP contribution in [0, 0.1) is 6.92 Å². The molecule has 0 aliphatic carbocycles. The lowest BCUT2D eigenvalue weighted by Gasteiger charge is -2.18. The lowest BCUT2D eigenvalue weighted by atomic mass is 10.1. The minimum atomic E-state index is -0.147. The van der Waals surface area contributed by atoms with Crippen LogP contribution in [0.1, 0.15) is 16.7 Å².